The Balaban J connectivity index is 1.23. The summed E-state index contributed by atoms with van der Waals surface area (Å²) in [7, 11) is 0. The van der Waals surface area contributed by atoms with Gasteiger partial charge in [0.05, 0.1) is 12.2 Å². The summed E-state index contributed by atoms with van der Waals surface area (Å²) in [4.78, 5) is 22.1. The second-order valence-electron chi connectivity index (χ2n) is 9.37. The number of hydrogen-bond donors (Lipinski definition) is 2. The monoisotopic (exact) mass is 503 g/mol. The van der Waals surface area contributed by atoms with Gasteiger partial charge in [-0.25, -0.2) is 18.3 Å². The predicted molar refractivity (Wildman–Crippen MR) is 138 cm³/mol. The highest BCUT2D eigenvalue weighted by Gasteiger charge is 2.30. The fraction of sp³-hybridized carbons (Fsp3) is 0.296. The van der Waals surface area contributed by atoms with Crippen molar-refractivity contribution in [3.63, 3.8) is 0 Å². The van der Waals surface area contributed by atoms with Gasteiger partial charge in [0.25, 0.3) is 5.91 Å². The van der Waals surface area contributed by atoms with Crippen LogP contribution in [0.15, 0.2) is 60.9 Å². The number of fused-ring (bicyclic) bond motifs is 1. The average Bonchev–Trinajstić information content (AvgIpc) is 3.58. The van der Waals surface area contributed by atoms with Crippen LogP contribution in [0.5, 0.6) is 0 Å². The molecule has 0 aliphatic carbocycles. The minimum Gasteiger partial charge on any atom is -0.369 e. The maximum absolute atomic E-state index is 14.5. The molecule has 2 aromatic carbocycles. The largest absolute Gasteiger partial charge is 0.369 e. The van der Waals surface area contributed by atoms with Gasteiger partial charge >= 0.3 is 0 Å². The van der Waals surface area contributed by atoms with Crippen molar-refractivity contribution in [3.8, 4) is 0 Å². The third-order valence-electron chi connectivity index (χ3n) is 7.07. The van der Waals surface area contributed by atoms with Crippen LogP contribution in [0.3, 0.4) is 0 Å². The van der Waals surface area contributed by atoms with Gasteiger partial charge in [0, 0.05) is 55.9 Å². The van der Waals surface area contributed by atoms with Crippen LogP contribution in [0.2, 0.25) is 0 Å². The molecule has 0 saturated carbocycles. The van der Waals surface area contributed by atoms with E-state index in [0.29, 0.717) is 41.2 Å². The normalized spacial score (nSPS) is 17.9. The van der Waals surface area contributed by atoms with Crippen molar-refractivity contribution >= 4 is 28.7 Å². The SMILES string of the molecule is O=C(Nc1ccc(N2CCNCC2)cc1)c1cnn2ccc(N3CCC[C@@H]3c3cc(F)ccc3F)nc12. The first-order chi connectivity index (χ1) is 18.1. The van der Waals surface area contributed by atoms with Crippen LogP contribution in [0.1, 0.15) is 34.8 Å². The second-order valence-corrected chi connectivity index (χ2v) is 9.37. The van der Waals surface area contributed by atoms with Gasteiger partial charge in [-0.05, 0) is 61.4 Å². The molecule has 0 radical (unpaired) electrons. The predicted octanol–water partition coefficient (Wildman–Crippen LogP) is 4.01. The number of piperazine rings is 1. The van der Waals surface area contributed by atoms with Crippen molar-refractivity contribution in [2.24, 2.45) is 0 Å². The smallest absolute Gasteiger partial charge is 0.261 e. The van der Waals surface area contributed by atoms with E-state index in [1.165, 1.54) is 12.3 Å². The van der Waals surface area contributed by atoms with Crippen LogP contribution in [0, 0.1) is 11.6 Å². The molecule has 2 aliphatic rings. The molecule has 4 heterocycles. The molecule has 2 N–H and O–H groups in total. The van der Waals surface area contributed by atoms with Gasteiger partial charge in [0.1, 0.15) is 23.0 Å². The highest BCUT2D eigenvalue weighted by Crippen LogP contribution is 2.37. The minimum atomic E-state index is -0.470. The number of carbonyl (C=O) groups is 1. The van der Waals surface area contributed by atoms with E-state index >= 15 is 0 Å². The first kappa shape index (κ1) is 23.4. The van der Waals surface area contributed by atoms with Crippen LogP contribution in [0.4, 0.5) is 26.0 Å². The van der Waals surface area contributed by atoms with E-state index in [4.69, 9.17) is 4.98 Å². The molecule has 10 heteroatoms. The number of halogens is 2. The lowest BCUT2D eigenvalue weighted by Crippen LogP contribution is -2.43. The number of benzene rings is 2. The number of amides is 1. The molecule has 1 atom stereocenters. The van der Waals surface area contributed by atoms with Crippen LogP contribution >= 0.6 is 0 Å². The number of rotatable bonds is 5. The third kappa shape index (κ3) is 4.60. The zero-order valence-corrected chi connectivity index (χ0v) is 20.2. The van der Waals surface area contributed by atoms with Gasteiger partial charge in [0.2, 0.25) is 0 Å². The summed E-state index contributed by atoms with van der Waals surface area (Å²) >= 11 is 0. The third-order valence-corrected chi connectivity index (χ3v) is 7.07. The standard InChI is InChI=1S/C27H27F2N7O/c28-18-3-8-23(29)21(16-18)24-2-1-12-35(24)25-9-13-36-26(33-25)22(17-31-36)27(37)32-19-4-6-20(7-5-19)34-14-10-30-11-15-34/h3-9,13,16-17,24,30H,1-2,10-12,14-15H2,(H,32,37)/t24-/m1/s1. The van der Waals surface area contributed by atoms with E-state index in [9.17, 15) is 13.6 Å². The summed E-state index contributed by atoms with van der Waals surface area (Å²) in [6.45, 7) is 4.46. The van der Waals surface area contributed by atoms with E-state index < -0.39 is 11.6 Å². The van der Waals surface area contributed by atoms with Gasteiger partial charge < -0.3 is 20.4 Å². The molecule has 8 nitrogen and oxygen atoms in total. The average molecular weight is 504 g/mol. The molecule has 6 rings (SSSR count). The quantitative estimate of drug-likeness (QED) is 0.429. The summed E-state index contributed by atoms with van der Waals surface area (Å²) < 4.78 is 29.9. The lowest BCUT2D eigenvalue weighted by Gasteiger charge is -2.29. The Morgan fingerprint density at radius 3 is 2.65 bits per heavy atom. The van der Waals surface area contributed by atoms with Crippen molar-refractivity contribution in [3.05, 3.63) is 83.7 Å². The Labute approximate surface area is 212 Å². The van der Waals surface area contributed by atoms with E-state index in [1.807, 2.05) is 29.2 Å². The number of anilines is 3. The molecule has 2 saturated heterocycles. The molecular formula is C27H27F2N7O. The number of hydrogen-bond acceptors (Lipinski definition) is 6. The van der Waals surface area contributed by atoms with Crippen LogP contribution in [-0.2, 0) is 0 Å². The second kappa shape index (κ2) is 9.78. The van der Waals surface area contributed by atoms with Crippen molar-refractivity contribution in [2.45, 2.75) is 18.9 Å². The lowest BCUT2D eigenvalue weighted by atomic mass is 10.0. The number of aromatic nitrogens is 3. The fourth-order valence-corrected chi connectivity index (χ4v) is 5.19. The van der Waals surface area contributed by atoms with Crippen molar-refractivity contribution < 1.29 is 13.6 Å². The summed E-state index contributed by atoms with van der Waals surface area (Å²) in [6, 6.07) is 12.8. The van der Waals surface area contributed by atoms with E-state index in [1.54, 1.807) is 16.8 Å². The summed E-state index contributed by atoms with van der Waals surface area (Å²) in [5.74, 6) is -0.633. The minimum absolute atomic E-state index is 0.315. The Morgan fingerprint density at radius 1 is 1.03 bits per heavy atom. The van der Waals surface area contributed by atoms with E-state index in [0.717, 1.165) is 50.4 Å². The number of nitrogens with zero attached hydrogens (tertiary/aromatic N) is 5. The molecule has 0 unspecified atom stereocenters. The Hall–Kier alpha value is -4.05. The van der Waals surface area contributed by atoms with Gasteiger partial charge in [0.15, 0.2) is 5.65 Å². The molecule has 0 spiro atoms. The van der Waals surface area contributed by atoms with E-state index in [-0.39, 0.29) is 11.9 Å². The van der Waals surface area contributed by atoms with Crippen LogP contribution in [-0.4, -0.2) is 53.2 Å². The molecule has 37 heavy (non-hydrogen) atoms. The van der Waals surface area contributed by atoms with Gasteiger partial charge in [-0.15, -0.1) is 0 Å². The topological polar surface area (TPSA) is 77.8 Å². The summed E-state index contributed by atoms with van der Waals surface area (Å²) in [6.07, 6.45) is 4.73. The zero-order valence-electron chi connectivity index (χ0n) is 20.2. The first-order valence-corrected chi connectivity index (χ1v) is 12.5. The fourth-order valence-electron chi connectivity index (χ4n) is 5.19. The molecule has 2 fully saturated rings. The van der Waals surface area contributed by atoms with Crippen molar-refractivity contribution in [2.75, 3.05) is 47.8 Å². The molecule has 2 aromatic heterocycles. The van der Waals surface area contributed by atoms with Gasteiger partial charge in [-0.1, -0.05) is 0 Å². The molecule has 2 aliphatic heterocycles. The maximum Gasteiger partial charge on any atom is 0.261 e. The lowest BCUT2D eigenvalue weighted by molar-refractivity contribution is 0.102. The molecule has 190 valence electrons. The van der Waals surface area contributed by atoms with Gasteiger partial charge in [-0.3, -0.25) is 4.79 Å². The highest BCUT2D eigenvalue weighted by molar-refractivity contribution is 6.08. The number of carbonyl (C=O) groups excluding carboxylic acids is 1. The van der Waals surface area contributed by atoms with E-state index in [2.05, 4.69) is 20.6 Å². The van der Waals surface area contributed by atoms with Crippen LogP contribution < -0.4 is 20.4 Å². The number of nitrogens with one attached hydrogen (secondary N) is 2. The maximum atomic E-state index is 14.5. The summed E-state index contributed by atoms with van der Waals surface area (Å²) in [5.41, 5.74) is 2.85. The molecule has 4 aromatic rings. The highest BCUT2D eigenvalue weighted by atomic mass is 19.1. The van der Waals surface area contributed by atoms with Gasteiger partial charge in [-0.2, -0.15) is 5.10 Å². The molecule has 1 amide bonds. The Bertz CT molecular complexity index is 1430. The van der Waals surface area contributed by atoms with Crippen molar-refractivity contribution in [1.82, 2.24) is 19.9 Å². The summed E-state index contributed by atoms with van der Waals surface area (Å²) in [5, 5.41) is 10.6. The van der Waals surface area contributed by atoms with Crippen LogP contribution in [0.25, 0.3) is 5.65 Å². The zero-order chi connectivity index (χ0) is 25.4. The van der Waals surface area contributed by atoms with Crippen molar-refractivity contribution in [1.29, 1.82) is 0 Å². The Morgan fingerprint density at radius 2 is 1.84 bits per heavy atom. The molecular weight excluding hydrogens is 476 g/mol. The Kier molecular flexibility index (Phi) is 6.17. The molecule has 0 bridgehead atoms. The first-order valence-electron chi connectivity index (χ1n) is 12.5.